The molecule has 2 aromatic heterocycles. The van der Waals surface area contributed by atoms with Gasteiger partial charge in [-0.15, -0.1) is 0 Å². The molecule has 43 heavy (non-hydrogen) atoms. The molecule has 0 aliphatic rings. The minimum atomic E-state index is 0.502. The molecule has 7 aromatic rings. The Morgan fingerprint density at radius 2 is 0.628 bits per heavy atom. The molecule has 6 nitrogen and oxygen atoms in total. The van der Waals surface area contributed by atoms with Gasteiger partial charge in [-0.2, -0.15) is 0 Å². The Kier molecular flexibility index (Phi) is 7.17. The largest absolute Gasteiger partial charge is 0.208 e. The monoisotopic (exact) mass is 574 g/mol. The summed E-state index contributed by atoms with van der Waals surface area (Å²) in [6, 6.07) is 45.1. The van der Waals surface area contributed by atoms with Crippen LogP contribution in [0.25, 0.3) is 68.3 Å². The first-order valence-electron chi connectivity index (χ1n) is 13.8. The molecule has 0 spiro atoms. The Hall–Kier alpha value is -5.59. The van der Waals surface area contributed by atoms with Crippen molar-refractivity contribution < 1.29 is 0 Å². The molecule has 7 rings (SSSR count). The van der Waals surface area contributed by atoms with E-state index in [2.05, 4.69) is 0 Å². The van der Waals surface area contributed by atoms with Gasteiger partial charge in [-0.3, -0.25) is 0 Å². The molecular formula is C36H23ClN6. The van der Waals surface area contributed by atoms with Crippen molar-refractivity contribution in [3.8, 4) is 68.3 Å². The number of hydrogen-bond acceptors (Lipinski definition) is 6. The third kappa shape index (κ3) is 5.64. The minimum absolute atomic E-state index is 0.502. The molecule has 0 amide bonds. The molecule has 0 N–H and O–H groups in total. The second-order valence-electron chi connectivity index (χ2n) is 9.77. The fourth-order valence-corrected chi connectivity index (χ4v) is 4.96. The van der Waals surface area contributed by atoms with Gasteiger partial charge >= 0.3 is 0 Å². The SMILES string of the molecule is Clc1cccc(-c2nc(-c3ccccc3)nc(-c3ccccc3-c3nc(-c4ccccc4)nc(-c4ccccc4)n3)n2)c1. The van der Waals surface area contributed by atoms with E-state index >= 15 is 0 Å². The van der Waals surface area contributed by atoms with Crippen LogP contribution < -0.4 is 0 Å². The lowest BCUT2D eigenvalue weighted by Gasteiger charge is -2.13. The molecule has 204 valence electrons. The highest BCUT2D eigenvalue weighted by molar-refractivity contribution is 6.30. The van der Waals surface area contributed by atoms with Crippen molar-refractivity contribution in [2.24, 2.45) is 0 Å². The maximum atomic E-state index is 6.35. The molecule has 0 aliphatic carbocycles. The second-order valence-corrected chi connectivity index (χ2v) is 10.2. The van der Waals surface area contributed by atoms with Crippen LogP contribution in [0, 0.1) is 0 Å². The van der Waals surface area contributed by atoms with Crippen molar-refractivity contribution in [3.05, 3.63) is 145 Å². The van der Waals surface area contributed by atoms with Crippen LogP contribution in [0.2, 0.25) is 5.02 Å². The standard InChI is InChI=1S/C36H23ClN6/c37-28-20-12-19-27(23-28)34-39-33(26-17-8-3-9-18-26)42-36(43-34)30-22-11-10-21-29(30)35-40-31(24-13-4-1-5-14-24)38-32(41-35)25-15-6-2-7-16-25/h1-23H. The predicted octanol–water partition coefficient (Wildman–Crippen LogP) is 8.71. The molecular weight excluding hydrogens is 552 g/mol. The summed E-state index contributed by atoms with van der Waals surface area (Å²) in [7, 11) is 0. The van der Waals surface area contributed by atoms with E-state index in [0.29, 0.717) is 40.0 Å². The summed E-state index contributed by atoms with van der Waals surface area (Å²) in [6.07, 6.45) is 0. The van der Waals surface area contributed by atoms with Gasteiger partial charge in [0.1, 0.15) is 0 Å². The molecule has 0 saturated carbocycles. The quantitative estimate of drug-likeness (QED) is 0.198. The Morgan fingerprint density at radius 1 is 0.302 bits per heavy atom. The first-order chi connectivity index (χ1) is 21.2. The van der Waals surface area contributed by atoms with Crippen molar-refractivity contribution in [1.82, 2.24) is 29.9 Å². The lowest BCUT2D eigenvalue weighted by Crippen LogP contribution is -2.03. The van der Waals surface area contributed by atoms with Crippen LogP contribution in [0.3, 0.4) is 0 Å². The third-order valence-corrected chi connectivity index (χ3v) is 7.09. The number of halogens is 1. The fourth-order valence-electron chi connectivity index (χ4n) is 4.77. The molecule has 0 unspecified atom stereocenters. The molecule has 7 heteroatoms. The van der Waals surface area contributed by atoms with E-state index in [1.165, 1.54) is 0 Å². The molecule has 0 atom stereocenters. The van der Waals surface area contributed by atoms with Crippen LogP contribution in [0.15, 0.2) is 140 Å². The summed E-state index contributed by atoms with van der Waals surface area (Å²) < 4.78 is 0. The van der Waals surface area contributed by atoms with Gasteiger partial charge in [0.25, 0.3) is 0 Å². The van der Waals surface area contributed by atoms with Gasteiger partial charge in [-0.05, 0) is 12.1 Å². The van der Waals surface area contributed by atoms with Crippen molar-refractivity contribution >= 4 is 11.6 Å². The molecule has 5 aromatic carbocycles. The first kappa shape index (κ1) is 26.3. The topological polar surface area (TPSA) is 77.3 Å². The van der Waals surface area contributed by atoms with Gasteiger partial charge in [0.15, 0.2) is 34.9 Å². The Balaban J connectivity index is 1.44. The number of rotatable bonds is 6. The zero-order chi connectivity index (χ0) is 29.0. The van der Waals surface area contributed by atoms with Crippen molar-refractivity contribution in [1.29, 1.82) is 0 Å². The zero-order valence-corrected chi connectivity index (χ0v) is 23.6. The summed E-state index contributed by atoms with van der Waals surface area (Å²) in [4.78, 5) is 29.4. The predicted molar refractivity (Wildman–Crippen MR) is 171 cm³/mol. The van der Waals surface area contributed by atoms with Gasteiger partial charge in [-0.25, -0.2) is 29.9 Å². The Labute approximate surface area is 253 Å². The van der Waals surface area contributed by atoms with Crippen LogP contribution in [0.1, 0.15) is 0 Å². The maximum absolute atomic E-state index is 6.35. The number of aromatic nitrogens is 6. The molecule has 0 aliphatic heterocycles. The Morgan fingerprint density at radius 3 is 1.02 bits per heavy atom. The van der Waals surface area contributed by atoms with Gasteiger partial charge in [0.2, 0.25) is 0 Å². The molecule has 0 fully saturated rings. The van der Waals surface area contributed by atoms with E-state index in [4.69, 9.17) is 41.5 Å². The maximum Gasteiger partial charge on any atom is 0.164 e. The van der Waals surface area contributed by atoms with E-state index in [1.807, 2.05) is 140 Å². The van der Waals surface area contributed by atoms with Crippen LogP contribution in [0.5, 0.6) is 0 Å². The van der Waals surface area contributed by atoms with E-state index in [-0.39, 0.29) is 0 Å². The summed E-state index contributed by atoms with van der Waals surface area (Å²) in [5.74, 6) is 3.27. The minimum Gasteiger partial charge on any atom is -0.208 e. The summed E-state index contributed by atoms with van der Waals surface area (Å²) in [5, 5.41) is 0.605. The van der Waals surface area contributed by atoms with E-state index in [1.54, 1.807) is 0 Å². The zero-order valence-electron chi connectivity index (χ0n) is 22.8. The smallest absolute Gasteiger partial charge is 0.164 e. The van der Waals surface area contributed by atoms with E-state index < -0.39 is 0 Å². The van der Waals surface area contributed by atoms with Crippen LogP contribution in [0.4, 0.5) is 0 Å². The Bertz CT molecular complexity index is 1980. The van der Waals surface area contributed by atoms with Gasteiger partial charge < -0.3 is 0 Å². The van der Waals surface area contributed by atoms with E-state index in [0.717, 1.165) is 33.4 Å². The van der Waals surface area contributed by atoms with Crippen molar-refractivity contribution in [2.45, 2.75) is 0 Å². The number of hydrogen-bond donors (Lipinski definition) is 0. The normalized spacial score (nSPS) is 10.9. The third-order valence-electron chi connectivity index (χ3n) is 6.86. The number of nitrogens with zero attached hydrogens (tertiary/aromatic N) is 6. The average molecular weight is 575 g/mol. The summed E-state index contributed by atoms with van der Waals surface area (Å²) in [5.41, 5.74) is 5.02. The van der Waals surface area contributed by atoms with Crippen LogP contribution in [-0.4, -0.2) is 29.9 Å². The summed E-state index contributed by atoms with van der Waals surface area (Å²) in [6.45, 7) is 0. The van der Waals surface area contributed by atoms with Crippen LogP contribution in [-0.2, 0) is 0 Å². The van der Waals surface area contributed by atoms with Crippen LogP contribution >= 0.6 is 11.6 Å². The molecule has 0 saturated heterocycles. The fraction of sp³-hybridized carbons (Fsp3) is 0. The summed E-state index contributed by atoms with van der Waals surface area (Å²) >= 11 is 6.35. The van der Waals surface area contributed by atoms with Crippen molar-refractivity contribution in [3.63, 3.8) is 0 Å². The second kappa shape index (κ2) is 11.7. The van der Waals surface area contributed by atoms with Crippen molar-refractivity contribution in [2.75, 3.05) is 0 Å². The van der Waals surface area contributed by atoms with E-state index in [9.17, 15) is 0 Å². The van der Waals surface area contributed by atoms with Gasteiger partial charge in [0.05, 0.1) is 0 Å². The highest BCUT2D eigenvalue weighted by Crippen LogP contribution is 2.33. The number of benzene rings is 5. The highest BCUT2D eigenvalue weighted by atomic mass is 35.5. The highest BCUT2D eigenvalue weighted by Gasteiger charge is 2.19. The first-order valence-corrected chi connectivity index (χ1v) is 14.1. The molecule has 0 radical (unpaired) electrons. The van der Waals surface area contributed by atoms with Gasteiger partial charge in [0, 0.05) is 38.4 Å². The average Bonchev–Trinajstić information content (AvgIpc) is 3.09. The molecule has 0 bridgehead atoms. The lowest BCUT2D eigenvalue weighted by molar-refractivity contribution is 1.06. The molecule has 2 heterocycles. The lowest BCUT2D eigenvalue weighted by atomic mass is 10.1. The van der Waals surface area contributed by atoms with Gasteiger partial charge in [-0.1, -0.05) is 139 Å².